The molecule has 0 aromatic heterocycles. The fraction of sp³-hybridized carbons (Fsp3) is 0.300. The van der Waals surface area contributed by atoms with Crippen molar-refractivity contribution in [1.82, 2.24) is 4.31 Å². The zero-order valence-corrected chi connectivity index (χ0v) is 18.9. The molecule has 0 radical (unpaired) electrons. The number of carbonyl (C=O) groups is 2. The number of hydrogen-bond donors (Lipinski definition) is 0. The van der Waals surface area contributed by atoms with E-state index in [-0.39, 0.29) is 24.5 Å². The summed E-state index contributed by atoms with van der Waals surface area (Å²) in [5.41, 5.74) is 0.472. The Hall–Kier alpha value is -2.43. The number of halogens is 1. The lowest BCUT2D eigenvalue weighted by atomic mass is 10.2. The highest BCUT2D eigenvalue weighted by atomic mass is 79.9. The monoisotopic (exact) mass is 496 g/mol. The zero-order chi connectivity index (χ0) is 21.9. The second-order valence-electron chi connectivity index (χ2n) is 6.49. The van der Waals surface area contributed by atoms with Crippen LogP contribution in [-0.2, 0) is 24.3 Å². The Bertz CT molecular complexity index is 1040. The number of methoxy groups -OCH3 is 1. The van der Waals surface area contributed by atoms with Crippen LogP contribution in [0.5, 0.6) is 5.75 Å². The standard InChI is InChI=1S/C20H21BrN2O6S/c1-3-22(30(26,27)15-10-8-14(21)9-11-15)13-19(24)23-12-18(20(25)28-2)29-17-7-5-4-6-16(17)23/h4-11,18H,3,12-13H2,1-2H3. The highest BCUT2D eigenvalue weighted by Gasteiger charge is 2.36. The van der Waals surface area contributed by atoms with Crippen molar-refractivity contribution in [3.63, 3.8) is 0 Å². The van der Waals surface area contributed by atoms with Gasteiger partial charge in [-0.1, -0.05) is 35.0 Å². The maximum atomic E-state index is 13.1. The van der Waals surface area contributed by atoms with E-state index in [0.717, 1.165) is 8.78 Å². The molecule has 160 valence electrons. The molecule has 1 atom stereocenters. The minimum Gasteiger partial charge on any atom is -0.475 e. The molecular formula is C20H21BrN2O6S. The van der Waals surface area contributed by atoms with Gasteiger partial charge in [0.1, 0.15) is 5.75 Å². The van der Waals surface area contributed by atoms with Crippen molar-refractivity contribution in [3.05, 3.63) is 53.0 Å². The van der Waals surface area contributed by atoms with Crippen molar-refractivity contribution >= 4 is 43.5 Å². The third-order valence-corrected chi connectivity index (χ3v) is 7.12. The van der Waals surface area contributed by atoms with Crippen LogP contribution in [0.2, 0.25) is 0 Å². The maximum absolute atomic E-state index is 13.1. The van der Waals surface area contributed by atoms with Crippen molar-refractivity contribution in [2.24, 2.45) is 0 Å². The molecule has 0 N–H and O–H groups in total. The molecule has 2 aromatic carbocycles. The summed E-state index contributed by atoms with van der Waals surface area (Å²) in [5, 5.41) is 0. The number of anilines is 1. The molecule has 0 bridgehead atoms. The molecule has 1 unspecified atom stereocenters. The van der Waals surface area contributed by atoms with E-state index in [1.54, 1.807) is 43.3 Å². The lowest BCUT2D eigenvalue weighted by Crippen LogP contribution is -2.50. The Labute approximate surface area is 183 Å². The average Bonchev–Trinajstić information content (AvgIpc) is 2.76. The Morgan fingerprint density at radius 1 is 1.20 bits per heavy atom. The molecule has 1 amide bonds. The lowest BCUT2D eigenvalue weighted by Gasteiger charge is -2.34. The van der Waals surface area contributed by atoms with Gasteiger partial charge in [-0.25, -0.2) is 13.2 Å². The molecule has 0 aliphatic carbocycles. The van der Waals surface area contributed by atoms with Crippen LogP contribution in [-0.4, -0.2) is 57.4 Å². The molecule has 1 aliphatic rings. The number of fused-ring (bicyclic) bond motifs is 1. The fourth-order valence-electron chi connectivity index (χ4n) is 3.08. The second-order valence-corrected chi connectivity index (χ2v) is 9.34. The van der Waals surface area contributed by atoms with Crippen LogP contribution in [0.25, 0.3) is 0 Å². The third-order valence-electron chi connectivity index (χ3n) is 4.65. The first-order valence-corrected chi connectivity index (χ1v) is 11.4. The minimum absolute atomic E-state index is 0.0710. The number of nitrogens with zero attached hydrogens (tertiary/aromatic N) is 2. The number of likely N-dealkylation sites (N-methyl/N-ethyl adjacent to an activating group) is 1. The first-order chi connectivity index (χ1) is 14.3. The van der Waals surface area contributed by atoms with Gasteiger partial charge >= 0.3 is 5.97 Å². The average molecular weight is 497 g/mol. The van der Waals surface area contributed by atoms with E-state index in [1.807, 2.05) is 0 Å². The summed E-state index contributed by atoms with van der Waals surface area (Å²) in [6.45, 7) is 1.32. The van der Waals surface area contributed by atoms with Gasteiger partial charge < -0.3 is 14.4 Å². The van der Waals surface area contributed by atoms with Crippen LogP contribution in [0.15, 0.2) is 57.9 Å². The van der Waals surface area contributed by atoms with Crippen molar-refractivity contribution in [2.75, 3.05) is 31.6 Å². The molecule has 10 heteroatoms. The van der Waals surface area contributed by atoms with Gasteiger partial charge in [0.15, 0.2) is 0 Å². The summed E-state index contributed by atoms with van der Waals surface area (Å²) in [4.78, 5) is 26.6. The van der Waals surface area contributed by atoms with Gasteiger partial charge in [0.25, 0.3) is 0 Å². The largest absolute Gasteiger partial charge is 0.475 e. The fourth-order valence-corrected chi connectivity index (χ4v) is 4.75. The quantitative estimate of drug-likeness (QED) is 0.570. The molecule has 0 spiro atoms. The Balaban J connectivity index is 1.87. The van der Waals surface area contributed by atoms with E-state index in [4.69, 9.17) is 9.47 Å². The van der Waals surface area contributed by atoms with Crippen LogP contribution >= 0.6 is 15.9 Å². The van der Waals surface area contributed by atoms with E-state index in [2.05, 4.69) is 15.9 Å². The van der Waals surface area contributed by atoms with Crippen LogP contribution in [0.1, 0.15) is 6.92 Å². The number of carbonyl (C=O) groups excluding carboxylic acids is 2. The smallest absolute Gasteiger partial charge is 0.348 e. The molecule has 2 aromatic rings. The summed E-state index contributed by atoms with van der Waals surface area (Å²) >= 11 is 3.28. The molecule has 8 nitrogen and oxygen atoms in total. The highest BCUT2D eigenvalue weighted by Crippen LogP contribution is 2.33. The first kappa shape index (κ1) is 22.3. The number of ether oxygens (including phenoxy) is 2. The zero-order valence-electron chi connectivity index (χ0n) is 16.4. The molecule has 30 heavy (non-hydrogen) atoms. The summed E-state index contributed by atoms with van der Waals surface area (Å²) in [7, 11) is -2.63. The maximum Gasteiger partial charge on any atom is 0.348 e. The van der Waals surface area contributed by atoms with Gasteiger partial charge in [-0.15, -0.1) is 0 Å². The van der Waals surface area contributed by atoms with Gasteiger partial charge in [-0.3, -0.25) is 4.79 Å². The Kier molecular flexibility index (Phi) is 6.79. The number of esters is 1. The normalized spacial score (nSPS) is 16.0. The number of para-hydroxylation sites is 2. The van der Waals surface area contributed by atoms with Crippen molar-refractivity contribution in [2.45, 2.75) is 17.9 Å². The molecule has 1 heterocycles. The Morgan fingerprint density at radius 3 is 2.50 bits per heavy atom. The topological polar surface area (TPSA) is 93.2 Å². The van der Waals surface area contributed by atoms with Crippen LogP contribution in [0.3, 0.4) is 0 Å². The highest BCUT2D eigenvalue weighted by molar-refractivity contribution is 9.10. The molecule has 0 saturated carbocycles. The van der Waals surface area contributed by atoms with Crippen molar-refractivity contribution in [3.8, 4) is 5.75 Å². The van der Waals surface area contributed by atoms with Crippen molar-refractivity contribution in [1.29, 1.82) is 0 Å². The number of sulfonamides is 1. The number of hydrogen-bond acceptors (Lipinski definition) is 6. The SMILES string of the molecule is CCN(CC(=O)N1CC(C(=O)OC)Oc2ccccc21)S(=O)(=O)c1ccc(Br)cc1. The number of rotatable bonds is 6. The molecular weight excluding hydrogens is 476 g/mol. The first-order valence-electron chi connectivity index (χ1n) is 9.17. The van der Waals surface area contributed by atoms with E-state index >= 15 is 0 Å². The van der Waals surface area contributed by atoms with Crippen LogP contribution < -0.4 is 9.64 Å². The van der Waals surface area contributed by atoms with Gasteiger partial charge in [0.05, 0.1) is 30.8 Å². The van der Waals surface area contributed by atoms with E-state index in [9.17, 15) is 18.0 Å². The van der Waals surface area contributed by atoms with Gasteiger partial charge in [-0.2, -0.15) is 4.31 Å². The minimum atomic E-state index is -3.87. The third kappa shape index (κ3) is 4.50. The number of amides is 1. The van der Waals surface area contributed by atoms with E-state index < -0.39 is 28.0 Å². The van der Waals surface area contributed by atoms with E-state index in [0.29, 0.717) is 11.4 Å². The van der Waals surface area contributed by atoms with E-state index in [1.165, 1.54) is 24.1 Å². The van der Waals surface area contributed by atoms with Crippen LogP contribution in [0, 0.1) is 0 Å². The lowest BCUT2D eigenvalue weighted by molar-refractivity contribution is -0.148. The van der Waals surface area contributed by atoms with Crippen molar-refractivity contribution < 1.29 is 27.5 Å². The van der Waals surface area contributed by atoms with Gasteiger partial charge in [0, 0.05) is 11.0 Å². The van der Waals surface area contributed by atoms with Gasteiger partial charge in [0.2, 0.25) is 22.0 Å². The predicted octanol–water partition coefficient (Wildman–Crippen LogP) is 2.43. The summed E-state index contributed by atoms with van der Waals surface area (Å²) in [6.07, 6.45) is -0.994. The second kappa shape index (κ2) is 9.15. The molecule has 3 rings (SSSR count). The predicted molar refractivity (Wildman–Crippen MR) is 114 cm³/mol. The number of benzene rings is 2. The summed E-state index contributed by atoms with van der Waals surface area (Å²) < 4.78 is 38.2. The molecule has 0 saturated heterocycles. The molecule has 0 fully saturated rings. The van der Waals surface area contributed by atoms with Gasteiger partial charge in [-0.05, 0) is 36.4 Å². The van der Waals surface area contributed by atoms with Crippen LogP contribution in [0.4, 0.5) is 5.69 Å². The Morgan fingerprint density at radius 2 is 1.87 bits per heavy atom. The summed E-state index contributed by atoms with van der Waals surface area (Å²) in [6, 6.07) is 13.0. The molecule has 1 aliphatic heterocycles. The summed E-state index contributed by atoms with van der Waals surface area (Å²) in [5.74, 6) is -0.731.